The van der Waals surface area contributed by atoms with Crippen LogP contribution in [0.1, 0.15) is 0 Å². The molecular weight excluding hydrogens is 380 g/mol. The number of aromatic hydroxyl groups is 1. The van der Waals surface area contributed by atoms with Crippen molar-refractivity contribution in [3.63, 3.8) is 0 Å². The third-order valence-corrected chi connectivity index (χ3v) is 4.34. The van der Waals surface area contributed by atoms with Gasteiger partial charge in [0, 0.05) is 15.6 Å². The van der Waals surface area contributed by atoms with Crippen molar-refractivity contribution in [3.05, 3.63) is 59.1 Å². The van der Waals surface area contributed by atoms with Gasteiger partial charge >= 0.3 is 0 Å². The van der Waals surface area contributed by atoms with Crippen LogP contribution in [-0.4, -0.2) is 10.8 Å². The summed E-state index contributed by atoms with van der Waals surface area (Å²) in [6, 6.07) is 20.1. The number of halogens is 1. The smallest absolute Gasteiger partial charge is 0.237 e. The summed E-state index contributed by atoms with van der Waals surface area (Å²) in [4.78, 5) is 0. The first-order chi connectivity index (χ1) is 12.2. The van der Waals surface area contributed by atoms with Crippen molar-refractivity contribution in [2.75, 3.05) is 5.43 Å². The molecule has 0 fully saturated rings. The number of phenols is 1. The number of nitrogens with zero attached hydrogens (tertiary/aromatic N) is 3. The highest BCUT2D eigenvalue weighted by molar-refractivity contribution is 9.10. The van der Waals surface area contributed by atoms with Gasteiger partial charge in [0.25, 0.3) is 0 Å². The fourth-order valence-corrected chi connectivity index (χ4v) is 3.03. The number of hydrogen-bond donors (Lipinski definition) is 2. The third-order valence-electron chi connectivity index (χ3n) is 3.68. The van der Waals surface area contributed by atoms with Crippen LogP contribution < -0.4 is 5.43 Å². The third kappa shape index (κ3) is 3.16. The molecule has 0 radical (unpaired) electrons. The van der Waals surface area contributed by atoms with Crippen LogP contribution in [0, 0.1) is 22.7 Å². The monoisotopic (exact) mass is 390 g/mol. The van der Waals surface area contributed by atoms with Gasteiger partial charge in [0.1, 0.15) is 17.9 Å². The first kappa shape index (κ1) is 16.5. The van der Waals surface area contributed by atoms with Crippen LogP contribution in [0.15, 0.2) is 64.2 Å². The number of anilines is 1. The second kappa shape index (κ2) is 7.04. The van der Waals surface area contributed by atoms with E-state index in [1.54, 1.807) is 18.2 Å². The maximum absolute atomic E-state index is 10.5. The first-order valence-corrected chi connectivity index (χ1v) is 8.08. The molecule has 120 valence electrons. The first-order valence-electron chi connectivity index (χ1n) is 7.29. The standard InChI is InChI=1S/C19H11BrN4O/c20-16-7-3-6-15(19(16)24-23-13(10-21)11-22)18-14-5-2-1-4-12(14)8-9-17(18)25/h1-9,24-25H. The van der Waals surface area contributed by atoms with Crippen molar-refractivity contribution in [2.24, 2.45) is 5.10 Å². The molecule has 0 aromatic heterocycles. The molecular formula is C19H11BrN4O. The van der Waals surface area contributed by atoms with Gasteiger partial charge in [-0.15, -0.1) is 0 Å². The molecule has 0 atom stereocenters. The number of nitrogens with one attached hydrogen (secondary N) is 1. The summed E-state index contributed by atoms with van der Waals surface area (Å²) >= 11 is 3.45. The van der Waals surface area contributed by atoms with Gasteiger partial charge in [-0.1, -0.05) is 42.5 Å². The topological polar surface area (TPSA) is 92.2 Å². The Morgan fingerprint density at radius 1 is 1.00 bits per heavy atom. The average Bonchev–Trinajstić information content (AvgIpc) is 2.63. The van der Waals surface area contributed by atoms with Crippen molar-refractivity contribution < 1.29 is 5.11 Å². The van der Waals surface area contributed by atoms with Crippen molar-refractivity contribution in [1.29, 1.82) is 10.5 Å². The number of rotatable bonds is 3. The van der Waals surface area contributed by atoms with Crippen LogP contribution in [0.2, 0.25) is 0 Å². The lowest BCUT2D eigenvalue weighted by atomic mass is 9.96. The van der Waals surface area contributed by atoms with Crippen LogP contribution in [0.25, 0.3) is 21.9 Å². The Kier molecular flexibility index (Phi) is 4.65. The van der Waals surface area contributed by atoms with Gasteiger partial charge in [-0.2, -0.15) is 15.6 Å². The van der Waals surface area contributed by atoms with Crippen LogP contribution in [0.5, 0.6) is 5.75 Å². The van der Waals surface area contributed by atoms with E-state index in [0.717, 1.165) is 10.8 Å². The predicted molar refractivity (Wildman–Crippen MR) is 101 cm³/mol. The zero-order chi connectivity index (χ0) is 17.8. The SMILES string of the molecule is N#CC(C#N)=NNc1c(Br)cccc1-c1c(O)ccc2ccccc12. The summed E-state index contributed by atoms with van der Waals surface area (Å²) in [5, 5.41) is 33.9. The van der Waals surface area contributed by atoms with Crippen LogP contribution >= 0.6 is 15.9 Å². The zero-order valence-corrected chi connectivity index (χ0v) is 14.4. The Morgan fingerprint density at radius 3 is 2.52 bits per heavy atom. The van der Waals surface area contributed by atoms with E-state index >= 15 is 0 Å². The van der Waals surface area contributed by atoms with Crippen LogP contribution in [0.4, 0.5) is 5.69 Å². The molecule has 2 N–H and O–H groups in total. The van der Waals surface area contributed by atoms with Crippen LogP contribution in [-0.2, 0) is 0 Å². The molecule has 6 heteroatoms. The fraction of sp³-hybridized carbons (Fsp3) is 0. The maximum atomic E-state index is 10.5. The molecule has 3 rings (SSSR count). The van der Waals surface area contributed by atoms with E-state index in [1.165, 1.54) is 0 Å². The van der Waals surface area contributed by atoms with Gasteiger partial charge in [0.2, 0.25) is 5.71 Å². The normalized spacial score (nSPS) is 9.88. The van der Waals surface area contributed by atoms with Gasteiger partial charge < -0.3 is 5.11 Å². The van der Waals surface area contributed by atoms with Crippen molar-refractivity contribution >= 4 is 38.1 Å². The summed E-state index contributed by atoms with van der Waals surface area (Å²) in [6.45, 7) is 0. The Labute approximate surface area is 152 Å². The van der Waals surface area contributed by atoms with Gasteiger partial charge in [-0.3, -0.25) is 5.43 Å². The minimum absolute atomic E-state index is 0.129. The summed E-state index contributed by atoms with van der Waals surface area (Å²) in [6.07, 6.45) is 0. The summed E-state index contributed by atoms with van der Waals surface area (Å²) in [5.41, 5.74) is 4.37. The van der Waals surface area contributed by atoms with Gasteiger partial charge in [-0.25, -0.2) is 0 Å². The summed E-state index contributed by atoms with van der Waals surface area (Å²) in [5.74, 6) is 0.129. The van der Waals surface area contributed by atoms with E-state index in [0.29, 0.717) is 21.3 Å². The quantitative estimate of drug-likeness (QED) is 0.496. The highest BCUT2D eigenvalue weighted by Gasteiger charge is 2.15. The zero-order valence-electron chi connectivity index (χ0n) is 12.9. The number of hydrazone groups is 1. The van der Waals surface area contributed by atoms with Crippen molar-refractivity contribution in [3.8, 4) is 29.0 Å². The van der Waals surface area contributed by atoms with E-state index in [2.05, 4.69) is 26.5 Å². The lowest BCUT2D eigenvalue weighted by molar-refractivity contribution is 0.478. The van der Waals surface area contributed by atoms with Gasteiger partial charge in [0.15, 0.2) is 0 Å². The number of benzene rings is 3. The van der Waals surface area contributed by atoms with E-state index < -0.39 is 0 Å². The Morgan fingerprint density at radius 2 is 1.76 bits per heavy atom. The van der Waals surface area contributed by atoms with Crippen molar-refractivity contribution in [1.82, 2.24) is 0 Å². The lowest BCUT2D eigenvalue weighted by Crippen LogP contribution is -1.99. The Balaban J connectivity index is 2.25. The van der Waals surface area contributed by atoms with Crippen molar-refractivity contribution in [2.45, 2.75) is 0 Å². The number of nitriles is 2. The lowest BCUT2D eigenvalue weighted by Gasteiger charge is -2.14. The predicted octanol–water partition coefficient (Wildman–Crippen LogP) is 4.79. The molecule has 25 heavy (non-hydrogen) atoms. The van der Waals surface area contributed by atoms with Crippen LogP contribution in [0.3, 0.4) is 0 Å². The van der Waals surface area contributed by atoms with Gasteiger partial charge in [0.05, 0.1) is 5.69 Å². The van der Waals surface area contributed by atoms with E-state index in [1.807, 2.05) is 48.5 Å². The number of para-hydroxylation sites is 1. The molecule has 0 unspecified atom stereocenters. The molecule has 5 nitrogen and oxygen atoms in total. The molecule has 0 amide bonds. The Hall–Kier alpha value is -3.35. The molecule has 0 aliphatic heterocycles. The highest BCUT2D eigenvalue weighted by atomic mass is 79.9. The molecule has 3 aromatic rings. The molecule has 0 saturated carbocycles. The number of phenolic OH excluding ortho intramolecular Hbond substituents is 1. The minimum Gasteiger partial charge on any atom is -0.507 e. The molecule has 0 aliphatic rings. The molecule has 0 saturated heterocycles. The molecule has 0 heterocycles. The Bertz CT molecular complexity index is 1060. The van der Waals surface area contributed by atoms with Gasteiger partial charge in [-0.05, 0) is 38.8 Å². The molecule has 3 aromatic carbocycles. The summed E-state index contributed by atoms with van der Waals surface area (Å²) in [7, 11) is 0. The second-order valence-corrected chi connectivity index (χ2v) is 5.99. The highest BCUT2D eigenvalue weighted by Crippen LogP contribution is 2.42. The molecule has 0 aliphatic carbocycles. The largest absolute Gasteiger partial charge is 0.507 e. The number of fused-ring (bicyclic) bond motifs is 1. The van der Waals surface area contributed by atoms with E-state index in [4.69, 9.17) is 10.5 Å². The molecule has 0 bridgehead atoms. The minimum atomic E-state index is -0.288. The summed E-state index contributed by atoms with van der Waals surface area (Å²) < 4.78 is 0.691. The number of hydrogen-bond acceptors (Lipinski definition) is 5. The molecule has 0 spiro atoms. The average molecular weight is 391 g/mol. The fourth-order valence-electron chi connectivity index (χ4n) is 2.58. The second-order valence-electron chi connectivity index (χ2n) is 5.14. The maximum Gasteiger partial charge on any atom is 0.237 e. The van der Waals surface area contributed by atoms with E-state index in [9.17, 15) is 5.11 Å². The van der Waals surface area contributed by atoms with E-state index in [-0.39, 0.29) is 11.5 Å².